The van der Waals surface area contributed by atoms with Crippen LogP contribution in [0.5, 0.6) is 0 Å². The molecule has 1 heterocycles. The summed E-state index contributed by atoms with van der Waals surface area (Å²) in [5, 5.41) is 0. The molecule has 1 atom stereocenters. The molecule has 2 amide bonds. The lowest BCUT2D eigenvalue weighted by Gasteiger charge is -2.20. The zero-order chi connectivity index (χ0) is 11.9. The molecule has 1 aromatic carbocycles. The van der Waals surface area contributed by atoms with Crippen LogP contribution in [0, 0.1) is 0 Å². The van der Waals surface area contributed by atoms with Gasteiger partial charge in [-0.05, 0) is 19.1 Å². The zero-order valence-electron chi connectivity index (χ0n) is 8.64. The molecule has 0 bridgehead atoms. The minimum atomic E-state index is -0.553. The highest BCUT2D eigenvalue weighted by atomic mass is 32.1. The lowest BCUT2D eigenvalue weighted by molar-refractivity contribution is 0.0635. The first-order chi connectivity index (χ1) is 7.54. The molecule has 0 fully saturated rings. The van der Waals surface area contributed by atoms with E-state index < -0.39 is 6.04 Å². The van der Waals surface area contributed by atoms with Gasteiger partial charge in [-0.2, -0.15) is 0 Å². The summed E-state index contributed by atoms with van der Waals surface area (Å²) in [4.78, 5) is 25.1. The number of hydrogen-bond donors (Lipinski definition) is 1. The Balaban J connectivity index is 2.46. The van der Waals surface area contributed by atoms with Crippen molar-refractivity contribution in [3.05, 3.63) is 35.4 Å². The van der Waals surface area contributed by atoms with Gasteiger partial charge in [-0.15, -0.1) is 0 Å². The van der Waals surface area contributed by atoms with Crippen molar-refractivity contribution in [2.75, 3.05) is 0 Å². The summed E-state index contributed by atoms with van der Waals surface area (Å²) in [5.74, 6) is -0.665. The zero-order valence-corrected chi connectivity index (χ0v) is 9.45. The molecule has 0 unspecified atom stereocenters. The summed E-state index contributed by atoms with van der Waals surface area (Å²) in [5.41, 5.74) is 6.29. The van der Waals surface area contributed by atoms with Gasteiger partial charge in [-0.3, -0.25) is 14.5 Å². The Hall–Kier alpha value is -1.75. The van der Waals surface area contributed by atoms with E-state index in [0.717, 1.165) is 4.90 Å². The van der Waals surface area contributed by atoms with Crippen molar-refractivity contribution < 1.29 is 9.59 Å². The number of thiocarbonyl (C=S) groups is 1. The van der Waals surface area contributed by atoms with Crippen LogP contribution < -0.4 is 5.73 Å². The lowest BCUT2D eigenvalue weighted by Crippen LogP contribution is -2.45. The Labute approximate surface area is 98.0 Å². The number of benzene rings is 1. The molecule has 0 saturated carbocycles. The van der Waals surface area contributed by atoms with Gasteiger partial charge in [0.25, 0.3) is 11.8 Å². The number of carbonyl (C=O) groups is 2. The van der Waals surface area contributed by atoms with Gasteiger partial charge in [0.1, 0.15) is 0 Å². The van der Waals surface area contributed by atoms with E-state index >= 15 is 0 Å². The first-order valence-electron chi connectivity index (χ1n) is 4.80. The number of rotatable bonds is 2. The highest BCUT2D eigenvalue weighted by Crippen LogP contribution is 2.24. The quantitative estimate of drug-likeness (QED) is 0.611. The molecule has 4 nitrogen and oxygen atoms in total. The second-order valence-corrected chi connectivity index (χ2v) is 4.08. The second-order valence-electron chi connectivity index (χ2n) is 3.60. The van der Waals surface area contributed by atoms with E-state index in [2.05, 4.69) is 0 Å². The van der Waals surface area contributed by atoms with Crippen molar-refractivity contribution in [1.29, 1.82) is 0 Å². The van der Waals surface area contributed by atoms with Crippen LogP contribution in [0.25, 0.3) is 0 Å². The Bertz CT molecular complexity index is 464. The summed E-state index contributed by atoms with van der Waals surface area (Å²) in [6, 6.07) is 6.14. The van der Waals surface area contributed by atoms with Gasteiger partial charge in [0.2, 0.25) is 0 Å². The Morgan fingerprint density at radius 1 is 1.25 bits per heavy atom. The van der Waals surface area contributed by atoms with Crippen LogP contribution >= 0.6 is 12.2 Å². The molecular weight excluding hydrogens is 224 g/mol. The minimum absolute atomic E-state index is 0.134. The van der Waals surface area contributed by atoms with Crippen LogP contribution in [0.3, 0.4) is 0 Å². The van der Waals surface area contributed by atoms with Crippen molar-refractivity contribution in [2.45, 2.75) is 13.0 Å². The molecule has 82 valence electrons. The largest absolute Gasteiger partial charge is 0.392 e. The van der Waals surface area contributed by atoms with Gasteiger partial charge in [0.15, 0.2) is 0 Å². The summed E-state index contributed by atoms with van der Waals surface area (Å²) in [7, 11) is 0. The van der Waals surface area contributed by atoms with E-state index in [1.165, 1.54) is 0 Å². The monoisotopic (exact) mass is 234 g/mol. The van der Waals surface area contributed by atoms with Crippen molar-refractivity contribution >= 4 is 29.0 Å². The third-order valence-corrected chi connectivity index (χ3v) is 2.97. The van der Waals surface area contributed by atoms with Crippen LogP contribution in [0.4, 0.5) is 0 Å². The summed E-state index contributed by atoms with van der Waals surface area (Å²) in [6.45, 7) is 1.64. The minimum Gasteiger partial charge on any atom is -0.392 e. The molecule has 0 aliphatic carbocycles. The molecule has 0 aromatic heterocycles. The fourth-order valence-corrected chi connectivity index (χ4v) is 1.79. The molecule has 1 aliphatic rings. The number of nitrogens with zero attached hydrogens (tertiary/aromatic N) is 1. The molecule has 5 heteroatoms. The topological polar surface area (TPSA) is 63.4 Å². The third-order valence-electron chi connectivity index (χ3n) is 2.62. The van der Waals surface area contributed by atoms with Gasteiger partial charge in [0, 0.05) is 0 Å². The van der Waals surface area contributed by atoms with E-state index in [-0.39, 0.29) is 16.8 Å². The number of hydrogen-bond acceptors (Lipinski definition) is 3. The van der Waals surface area contributed by atoms with Crippen molar-refractivity contribution in [3.8, 4) is 0 Å². The standard InChI is InChI=1S/C11H10N2O2S/c1-6(9(12)16)13-10(14)7-4-2-3-5-8(7)11(13)15/h2-6H,1H3,(H2,12,16)/t6-/m1/s1. The fourth-order valence-electron chi connectivity index (χ4n) is 1.69. The molecule has 0 spiro atoms. The summed E-state index contributed by atoms with van der Waals surface area (Å²) >= 11 is 4.80. The predicted octanol–water partition coefficient (Wildman–Crippen LogP) is 0.957. The summed E-state index contributed by atoms with van der Waals surface area (Å²) < 4.78 is 0. The van der Waals surface area contributed by atoms with Crippen LogP contribution in [0.1, 0.15) is 27.6 Å². The molecule has 0 saturated heterocycles. The average Bonchev–Trinajstić information content (AvgIpc) is 2.52. The van der Waals surface area contributed by atoms with E-state index in [1.807, 2.05) is 0 Å². The molecule has 1 aliphatic heterocycles. The first-order valence-corrected chi connectivity index (χ1v) is 5.21. The molecule has 16 heavy (non-hydrogen) atoms. The number of imide groups is 1. The van der Waals surface area contributed by atoms with Gasteiger partial charge in [-0.1, -0.05) is 24.4 Å². The number of carbonyl (C=O) groups excluding carboxylic acids is 2. The van der Waals surface area contributed by atoms with Crippen LogP contribution in [0.15, 0.2) is 24.3 Å². The molecule has 2 N–H and O–H groups in total. The smallest absolute Gasteiger partial charge is 0.262 e. The highest BCUT2D eigenvalue weighted by Gasteiger charge is 2.38. The van der Waals surface area contributed by atoms with E-state index in [1.54, 1.807) is 31.2 Å². The average molecular weight is 234 g/mol. The van der Waals surface area contributed by atoms with E-state index in [4.69, 9.17) is 18.0 Å². The number of nitrogens with two attached hydrogens (primary N) is 1. The molecular formula is C11H10N2O2S. The number of fused-ring (bicyclic) bond motifs is 1. The van der Waals surface area contributed by atoms with Gasteiger partial charge >= 0.3 is 0 Å². The molecule has 2 rings (SSSR count). The van der Waals surface area contributed by atoms with Crippen LogP contribution in [-0.4, -0.2) is 27.7 Å². The number of amides is 2. The maximum Gasteiger partial charge on any atom is 0.262 e. The van der Waals surface area contributed by atoms with Crippen LogP contribution in [-0.2, 0) is 0 Å². The van der Waals surface area contributed by atoms with Gasteiger partial charge in [-0.25, -0.2) is 0 Å². The van der Waals surface area contributed by atoms with Crippen molar-refractivity contribution in [3.63, 3.8) is 0 Å². The maximum atomic E-state index is 11.9. The Morgan fingerprint density at radius 3 is 2.06 bits per heavy atom. The van der Waals surface area contributed by atoms with E-state index in [9.17, 15) is 9.59 Å². The normalized spacial score (nSPS) is 16.2. The Kier molecular flexibility index (Phi) is 2.47. The lowest BCUT2D eigenvalue weighted by atomic mass is 10.1. The van der Waals surface area contributed by atoms with Crippen molar-refractivity contribution in [2.24, 2.45) is 5.73 Å². The fraction of sp³-hybridized carbons (Fsp3) is 0.182. The highest BCUT2D eigenvalue weighted by molar-refractivity contribution is 7.80. The summed E-state index contributed by atoms with van der Waals surface area (Å²) in [6.07, 6.45) is 0. The van der Waals surface area contributed by atoms with Gasteiger partial charge < -0.3 is 5.73 Å². The van der Waals surface area contributed by atoms with Gasteiger partial charge in [0.05, 0.1) is 22.2 Å². The Morgan fingerprint density at radius 2 is 1.69 bits per heavy atom. The van der Waals surface area contributed by atoms with Crippen molar-refractivity contribution in [1.82, 2.24) is 4.90 Å². The van der Waals surface area contributed by atoms with Crippen LogP contribution in [0.2, 0.25) is 0 Å². The second kappa shape index (κ2) is 3.68. The molecule has 0 radical (unpaired) electrons. The van der Waals surface area contributed by atoms with E-state index in [0.29, 0.717) is 11.1 Å². The first kappa shape index (κ1) is 10.8. The SMILES string of the molecule is C[C@H](C(N)=S)N1C(=O)c2ccccc2C1=O. The maximum absolute atomic E-state index is 11.9. The predicted molar refractivity (Wildman–Crippen MR) is 63.2 cm³/mol. The molecule has 1 aromatic rings. The third kappa shape index (κ3) is 1.40.